The van der Waals surface area contributed by atoms with Crippen LogP contribution in [0.15, 0.2) is 5.16 Å². The van der Waals surface area contributed by atoms with E-state index < -0.39 is 15.8 Å². The number of anilines is 1. The Morgan fingerprint density at radius 2 is 1.95 bits per heavy atom. The first-order chi connectivity index (χ1) is 9.80. The standard InChI is InChI=1S/C11H18N4O4S2/c1-8(2)15-10(12-13-11(15)20-7-9(16)17)14-3-5-21(18,19)6-4-14/h8H,3-7H2,1-2H3,(H,16,17). The smallest absolute Gasteiger partial charge is 0.313 e. The topological polar surface area (TPSA) is 105 Å². The lowest BCUT2D eigenvalue weighted by Crippen LogP contribution is -2.41. The Morgan fingerprint density at radius 1 is 1.33 bits per heavy atom. The number of hydrogen-bond acceptors (Lipinski definition) is 7. The Hall–Kier alpha value is -1.29. The van der Waals surface area contributed by atoms with E-state index in [2.05, 4.69) is 10.2 Å². The van der Waals surface area contributed by atoms with Gasteiger partial charge in [0.1, 0.15) is 0 Å². The van der Waals surface area contributed by atoms with Crippen molar-refractivity contribution in [2.24, 2.45) is 0 Å². The third kappa shape index (κ3) is 3.88. The van der Waals surface area contributed by atoms with E-state index in [0.717, 1.165) is 11.8 Å². The van der Waals surface area contributed by atoms with Crippen LogP contribution >= 0.6 is 11.8 Å². The molecule has 1 aliphatic rings. The molecule has 1 fully saturated rings. The third-order valence-electron chi connectivity index (χ3n) is 3.11. The summed E-state index contributed by atoms with van der Waals surface area (Å²) >= 11 is 1.11. The van der Waals surface area contributed by atoms with Gasteiger partial charge in [-0.05, 0) is 13.8 Å². The van der Waals surface area contributed by atoms with Crippen molar-refractivity contribution < 1.29 is 18.3 Å². The fraction of sp³-hybridized carbons (Fsp3) is 0.727. The SMILES string of the molecule is CC(C)n1c(SCC(=O)O)nnc1N1CCS(=O)(=O)CC1. The molecule has 0 aromatic carbocycles. The average molecular weight is 334 g/mol. The molecule has 0 spiro atoms. The van der Waals surface area contributed by atoms with Gasteiger partial charge < -0.3 is 10.0 Å². The van der Waals surface area contributed by atoms with E-state index in [-0.39, 0.29) is 23.3 Å². The quantitative estimate of drug-likeness (QED) is 0.765. The molecule has 0 unspecified atom stereocenters. The van der Waals surface area contributed by atoms with Gasteiger partial charge in [0, 0.05) is 19.1 Å². The summed E-state index contributed by atoms with van der Waals surface area (Å²) in [5.74, 6) is -0.179. The summed E-state index contributed by atoms with van der Waals surface area (Å²) in [6, 6.07) is 0.0600. The minimum atomic E-state index is -2.95. The second-order valence-electron chi connectivity index (χ2n) is 5.07. The summed E-state index contributed by atoms with van der Waals surface area (Å²) in [4.78, 5) is 12.6. The number of carbonyl (C=O) groups is 1. The molecule has 0 atom stereocenters. The number of hydrogen-bond donors (Lipinski definition) is 1. The van der Waals surface area contributed by atoms with Crippen LogP contribution in [0, 0.1) is 0 Å². The fourth-order valence-corrected chi connectivity index (χ4v) is 4.06. The van der Waals surface area contributed by atoms with Gasteiger partial charge in [-0.2, -0.15) is 0 Å². The molecular weight excluding hydrogens is 316 g/mol. The van der Waals surface area contributed by atoms with Crippen molar-refractivity contribution in [3.63, 3.8) is 0 Å². The van der Waals surface area contributed by atoms with Crippen LogP contribution in [-0.2, 0) is 14.6 Å². The maximum atomic E-state index is 11.5. The van der Waals surface area contributed by atoms with Crippen LogP contribution in [-0.4, -0.2) is 64.6 Å². The van der Waals surface area contributed by atoms with E-state index in [4.69, 9.17) is 5.11 Å². The maximum absolute atomic E-state index is 11.5. The van der Waals surface area contributed by atoms with E-state index in [1.165, 1.54) is 0 Å². The zero-order valence-corrected chi connectivity index (χ0v) is 13.5. The third-order valence-corrected chi connectivity index (χ3v) is 5.65. The van der Waals surface area contributed by atoms with Gasteiger partial charge in [-0.15, -0.1) is 10.2 Å². The molecule has 1 aliphatic heterocycles. The zero-order chi connectivity index (χ0) is 15.6. The predicted octanol–water partition coefficient (Wildman–Crippen LogP) is 0.270. The first kappa shape index (κ1) is 16.1. The highest BCUT2D eigenvalue weighted by Gasteiger charge is 2.27. The number of nitrogens with zero attached hydrogens (tertiary/aromatic N) is 4. The highest BCUT2D eigenvalue weighted by atomic mass is 32.2. The maximum Gasteiger partial charge on any atom is 0.313 e. The molecule has 2 heterocycles. The monoisotopic (exact) mass is 334 g/mol. The van der Waals surface area contributed by atoms with Gasteiger partial charge in [0.25, 0.3) is 0 Å². The highest BCUT2D eigenvalue weighted by Crippen LogP contribution is 2.27. The second kappa shape index (κ2) is 6.22. The van der Waals surface area contributed by atoms with Crippen molar-refractivity contribution in [2.45, 2.75) is 25.0 Å². The van der Waals surface area contributed by atoms with Crippen molar-refractivity contribution >= 4 is 33.5 Å². The second-order valence-corrected chi connectivity index (χ2v) is 8.31. The van der Waals surface area contributed by atoms with E-state index in [1.807, 2.05) is 23.3 Å². The summed E-state index contributed by atoms with van der Waals surface area (Å²) in [6.45, 7) is 4.68. The van der Waals surface area contributed by atoms with E-state index in [0.29, 0.717) is 24.2 Å². The molecule has 0 amide bonds. The first-order valence-corrected chi connectivity index (χ1v) is 9.36. The fourth-order valence-electron chi connectivity index (χ4n) is 2.07. The minimum absolute atomic E-state index is 0.0600. The van der Waals surface area contributed by atoms with Crippen molar-refractivity contribution in [3.8, 4) is 0 Å². The summed E-state index contributed by atoms with van der Waals surface area (Å²) in [6.07, 6.45) is 0. The molecule has 0 bridgehead atoms. The van der Waals surface area contributed by atoms with Crippen molar-refractivity contribution in [2.75, 3.05) is 35.2 Å². The lowest BCUT2D eigenvalue weighted by molar-refractivity contribution is -0.133. The molecule has 2 rings (SSSR count). The van der Waals surface area contributed by atoms with Gasteiger partial charge in [0.2, 0.25) is 5.95 Å². The number of aliphatic carboxylic acids is 1. The van der Waals surface area contributed by atoms with Gasteiger partial charge in [0.15, 0.2) is 15.0 Å². The predicted molar refractivity (Wildman–Crippen MR) is 79.6 cm³/mol. The molecule has 1 aromatic rings. The molecule has 1 saturated heterocycles. The first-order valence-electron chi connectivity index (χ1n) is 6.55. The summed E-state index contributed by atoms with van der Waals surface area (Å²) in [5, 5.41) is 17.5. The lowest BCUT2D eigenvalue weighted by atomic mass is 10.4. The molecule has 8 nitrogen and oxygen atoms in total. The molecular formula is C11H18N4O4S2. The molecule has 0 radical (unpaired) electrons. The number of sulfone groups is 1. The van der Waals surface area contributed by atoms with Crippen LogP contribution in [0.2, 0.25) is 0 Å². The summed E-state index contributed by atoms with van der Waals surface area (Å²) in [5.41, 5.74) is 0. The Labute approximate surface area is 127 Å². The lowest BCUT2D eigenvalue weighted by Gasteiger charge is -2.28. The molecule has 1 N–H and O–H groups in total. The van der Waals surface area contributed by atoms with Crippen molar-refractivity contribution in [3.05, 3.63) is 0 Å². The van der Waals surface area contributed by atoms with E-state index in [9.17, 15) is 13.2 Å². The van der Waals surface area contributed by atoms with Gasteiger partial charge in [-0.25, -0.2) is 8.42 Å². The molecule has 0 aliphatic carbocycles. The van der Waals surface area contributed by atoms with Crippen LogP contribution < -0.4 is 4.90 Å². The van der Waals surface area contributed by atoms with Gasteiger partial charge in [0.05, 0.1) is 17.3 Å². The van der Waals surface area contributed by atoms with Crippen LogP contribution in [0.25, 0.3) is 0 Å². The Balaban J connectivity index is 2.22. The van der Waals surface area contributed by atoms with E-state index >= 15 is 0 Å². The number of thioether (sulfide) groups is 1. The van der Waals surface area contributed by atoms with Crippen molar-refractivity contribution in [1.82, 2.24) is 14.8 Å². The van der Waals surface area contributed by atoms with Crippen LogP contribution in [0.3, 0.4) is 0 Å². The summed E-state index contributed by atoms with van der Waals surface area (Å²) in [7, 11) is -2.95. The van der Waals surface area contributed by atoms with Gasteiger partial charge >= 0.3 is 5.97 Å². The molecule has 0 saturated carbocycles. The molecule has 1 aromatic heterocycles. The van der Waals surface area contributed by atoms with Gasteiger partial charge in [-0.1, -0.05) is 11.8 Å². The minimum Gasteiger partial charge on any atom is -0.481 e. The largest absolute Gasteiger partial charge is 0.481 e. The Bertz CT molecular complexity index is 612. The van der Waals surface area contributed by atoms with Crippen LogP contribution in [0.4, 0.5) is 5.95 Å². The van der Waals surface area contributed by atoms with Crippen molar-refractivity contribution in [1.29, 1.82) is 0 Å². The number of carboxylic acids is 1. The van der Waals surface area contributed by atoms with Gasteiger partial charge in [-0.3, -0.25) is 9.36 Å². The normalized spacial score (nSPS) is 18.1. The molecule has 10 heteroatoms. The highest BCUT2D eigenvalue weighted by molar-refractivity contribution is 7.99. The molecule has 21 heavy (non-hydrogen) atoms. The van der Waals surface area contributed by atoms with Crippen LogP contribution in [0.1, 0.15) is 19.9 Å². The van der Waals surface area contributed by atoms with E-state index in [1.54, 1.807) is 0 Å². The Kier molecular flexibility index (Phi) is 4.77. The van der Waals surface area contributed by atoms with Crippen LogP contribution in [0.5, 0.6) is 0 Å². The number of rotatable bonds is 5. The molecule has 118 valence electrons. The number of carboxylic acid groups (broad SMARTS) is 1. The average Bonchev–Trinajstić information content (AvgIpc) is 2.80. The summed E-state index contributed by atoms with van der Waals surface area (Å²) < 4.78 is 24.8. The number of aromatic nitrogens is 3. The Morgan fingerprint density at radius 3 is 2.48 bits per heavy atom. The zero-order valence-electron chi connectivity index (χ0n) is 11.9.